The molecular formula is C14H19N3S. The molecule has 0 saturated heterocycles. The SMILES string of the molecule is Cc1cc(C)cc(-c2nnsc2CNC(C)C)c1. The molecular weight excluding hydrogens is 242 g/mol. The minimum Gasteiger partial charge on any atom is -0.310 e. The van der Waals surface area contributed by atoms with Gasteiger partial charge in [-0.15, -0.1) is 5.10 Å². The topological polar surface area (TPSA) is 37.8 Å². The van der Waals surface area contributed by atoms with Crippen molar-refractivity contribution in [2.24, 2.45) is 0 Å². The summed E-state index contributed by atoms with van der Waals surface area (Å²) in [5, 5.41) is 7.69. The van der Waals surface area contributed by atoms with Crippen molar-refractivity contribution in [2.75, 3.05) is 0 Å². The third-order valence-corrected chi connectivity index (χ3v) is 3.44. The first-order chi connectivity index (χ1) is 8.56. The summed E-state index contributed by atoms with van der Waals surface area (Å²) in [5.74, 6) is 0. The van der Waals surface area contributed by atoms with Crippen LogP contribution in [0.1, 0.15) is 29.9 Å². The van der Waals surface area contributed by atoms with Gasteiger partial charge in [-0.2, -0.15) is 0 Å². The highest BCUT2D eigenvalue weighted by Gasteiger charge is 2.11. The van der Waals surface area contributed by atoms with Crippen LogP contribution in [0.15, 0.2) is 18.2 Å². The number of hydrogen-bond acceptors (Lipinski definition) is 4. The molecule has 18 heavy (non-hydrogen) atoms. The van der Waals surface area contributed by atoms with E-state index in [1.54, 1.807) is 0 Å². The Morgan fingerprint density at radius 1 is 1.17 bits per heavy atom. The molecule has 2 aromatic rings. The molecule has 1 N–H and O–H groups in total. The molecule has 0 spiro atoms. The van der Waals surface area contributed by atoms with Gasteiger partial charge in [0.1, 0.15) is 5.69 Å². The number of rotatable bonds is 4. The van der Waals surface area contributed by atoms with Gasteiger partial charge in [0.25, 0.3) is 0 Å². The Kier molecular flexibility index (Phi) is 4.09. The second kappa shape index (κ2) is 5.59. The van der Waals surface area contributed by atoms with Crippen molar-refractivity contribution in [3.8, 4) is 11.3 Å². The van der Waals surface area contributed by atoms with E-state index in [9.17, 15) is 0 Å². The van der Waals surface area contributed by atoms with Crippen molar-refractivity contribution in [1.29, 1.82) is 0 Å². The molecule has 3 nitrogen and oxygen atoms in total. The normalized spacial score (nSPS) is 11.2. The van der Waals surface area contributed by atoms with E-state index in [1.165, 1.54) is 33.1 Å². The van der Waals surface area contributed by atoms with E-state index >= 15 is 0 Å². The largest absolute Gasteiger partial charge is 0.310 e. The third-order valence-electron chi connectivity index (χ3n) is 2.72. The third kappa shape index (κ3) is 3.15. The van der Waals surface area contributed by atoms with Gasteiger partial charge >= 0.3 is 0 Å². The van der Waals surface area contributed by atoms with Crippen molar-refractivity contribution in [2.45, 2.75) is 40.3 Å². The van der Waals surface area contributed by atoms with Gasteiger partial charge in [0.05, 0.1) is 4.88 Å². The summed E-state index contributed by atoms with van der Waals surface area (Å²) in [6, 6.07) is 6.99. The summed E-state index contributed by atoms with van der Waals surface area (Å²) in [6.07, 6.45) is 0. The van der Waals surface area contributed by atoms with Crippen LogP contribution >= 0.6 is 11.5 Å². The zero-order chi connectivity index (χ0) is 13.1. The Hall–Kier alpha value is -1.26. The smallest absolute Gasteiger partial charge is 0.110 e. The zero-order valence-electron chi connectivity index (χ0n) is 11.3. The Bertz CT molecular complexity index is 511. The fraction of sp³-hybridized carbons (Fsp3) is 0.429. The molecule has 0 aliphatic rings. The number of hydrogen-bond donors (Lipinski definition) is 1. The molecule has 0 aliphatic carbocycles. The molecule has 0 amide bonds. The first-order valence-corrected chi connectivity index (χ1v) is 6.97. The van der Waals surface area contributed by atoms with E-state index in [4.69, 9.17) is 0 Å². The standard InChI is InChI=1S/C14H19N3S/c1-9(2)15-8-13-14(16-17-18-13)12-6-10(3)5-11(4)7-12/h5-7,9,15H,8H2,1-4H3. The van der Waals surface area contributed by atoms with Crippen LogP contribution in [0.5, 0.6) is 0 Å². The molecule has 0 bridgehead atoms. The molecule has 0 aliphatic heterocycles. The van der Waals surface area contributed by atoms with E-state index in [2.05, 4.69) is 60.8 Å². The van der Waals surface area contributed by atoms with E-state index < -0.39 is 0 Å². The van der Waals surface area contributed by atoms with E-state index in [-0.39, 0.29) is 0 Å². The summed E-state index contributed by atoms with van der Waals surface area (Å²) in [7, 11) is 0. The van der Waals surface area contributed by atoms with Gasteiger partial charge in [-0.25, -0.2) is 0 Å². The number of benzene rings is 1. The predicted molar refractivity (Wildman–Crippen MR) is 76.8 cm³/mol. The van der Waals surface area contributed by atoms with Crippen molar-refractivity contribution in [3.05, 3.63) is 34.2 Å². The van der Waals surface area contributed by atoms with Crippen LogP contribution in [0.25, 0.3) is 11.3 Å². The average Bonchev–Trinajstić information content (AvgIpc) is 2.72. The monoisotopic (exact) mass is 261 g/mol. The lowest BCUT2D eigenvalue weighted by Crippen LogP contribution is -2.21. The quantitative estimate of drug-likeness (QED) is 0.917. The second-order valence-corrected chi connectivity index (χ2v) is 5.80. The minimum atomic E-state index is 0.471. The summed E-state index contributed by atoms with van der Waals surface area (Å²) in [5.41, 5.74) is 4.71. The number of aromatic nitrogens is 2. The summed E-state index contributed by atoms with van der Waals surface area (Å²) in [6.45, 7) is 9.35. The fourth-order valence-electron chi connectivity index (χ4n) is 1.95. The molecule has 0 radical (unpaired) electrons. The van der Waals surface area contributed by atoms with Crippen LogP contribution in [-0.4, -0.2) is 15.6 Å². The van der Waals surface area contributed by atoms with Crippen molar-refractivity contribution >= 4 is 11.5 Å². The highest BCUT2D eigenvalue weighted by Crippen LogP contribution is 2.25. The highest BCUT2D eigenvalue weighted by molar-refractivity contribution is 7.05. The predicted octanol–water partition coefficient (Wildman–Crippen LogP) is 3.32. The summed E-state index contributed by atoms with van der Waals surface area (Å²) >= 11 is 1.47. The zero-order valence-corrected chi connectivity index (χ0v) is 12.1. The van der Waals surface area contributed by atoms with Gasteiger partial charge in [-0.1, -0.05) is 35.5 Å². The van der Waals surface area contributed by atoms with Crippen molar-refractivity contribution in [3.63, 3.8) is 0 Å². The average molecular weight is 261 g/mol. The Morgan fingerprint density at radius 2 is 1.83 bits per heavy atom. The van der Waals surface area contributed by atoms with Crippen molar-refractivity contribution in [1.82, 2.24) is 14.9 Å². The molecule has 0 fully saturated rings. The Labute approximate surface area is 112 Å². The molecule has 0 unspecified atom stereocenters. The lowest BCUT2D eigenvalue weighted by molar-refractivity contribution is 0.593. The van der Waals surface area contributed by atoms with Crippen LogP contribution < -0.4 is 5.32 Å². The minimum absolute atomic E-state index is 0.471. The molecule has 1 aromatic heterocycles. The van der Waals surface area contributed by atoms with E-state index in [1.807, 2.05) is 0 Å². The van der Waals surface area contributed by atoms with Gasteiger partial charge in [-0.3, -0.25) is 0 Å². The van der Waals surface area contributed by atoms with Crippen LogP contribution in [-0.2, 0) is 6.54 Å². The number of aryl methyl sites for hydroxylation is 2. The number of nitrogens with zero attached hydrogens (tertiary/aromatic N) is 2. The lowest BCUT2D eigenvalue weighted by atomic mass is 10.0. The first-order valence-electron chi connectivity index (χ1n) is 6.19. The molecule has 4 heteroatoms. The maximum atomic E-state index is 4.28. The van der Waals surface area contributed by atoms with Crippen LogP contribution in [0.2, 0.25) is 0 Å². The summed E-state index contributed by atoms with van der Waals surface area (Å²) in [4.78, 5) is 1.20. The Balaban J connectivity index is 2.30. The molecule has 1 heterocycles. The van der Waals surface area contributed by atoms with Crippen molar-refractivity contribution < 1.29 is 0 Å². The second-order valence-electron chi connectivity index (χ2n) is 4.96. The van der Waals surface area contributed by atoms with Gasteiger partial charge in [0.15, 0.2) is 0 Å². The Morgan fingerprint density at radius 3 is 2.44 bits per heavy atom. The molecule has 96 valence electrons. The first kappa shape index (κ1) is 13.2. The van der Waals surface area contributed by atoms with Crippen LogP contribution in [0.3, 0.4) is 0 Å². The maximum absolute atomic E-state index is 4.28. The van der Waals surface area contributed by atoms with Gasteiger partial charge in [0, 0.05) is 18.2 Å². The molecule has 0 saturated carbocycles. The van der Waals surface area contributed by atoms with Crippen LogP contribution in [0.4, 0.5) is 0 Å². The lowest BCUT2D eigenvalue weighted by Gasteiger charge is -2.08. The fourth-order valence-corrected chi connectivity index (χ4v) is 2.57. The molecule has 1 aromatic carbocycles. The summed E-state index contributed by atoms with van der Waals surface area (Å²) < 4.78 is 4.09. The number of nitrogens with one attached hydrogen (secondary N) is 1. The van der Waals surface area contributed by atoms with E-state index in [0.29, 0.717) is 6.04 Å². The highest BCUT2D eigenvalue weighted by atomic mass is 32.1. The van der Waals surface area contributed by atoms with Gasteiger partial charge in [-0.05, 0) is 37.5 Å². The van der Waals surface area contributed by atoms with Gasteiger partial charge < -0.3 is 5.32 Å². The van der Waals surface area contributed by atoms with Gasteiger partial charge in [0.2, 0.25) is 0 Å². The van der Waals surface area contributed by atoms with Crippen LogP contribution in [0, 0.1) is 13.8 Å². The maximum Gasteiger partial charge on any atom is 0.110 e. The van der Waals surface area contributed by atoms with E-state index in [0.717, 1.165) is 12.2 Å². The molecule has 2 rings (SSSR count). The molecule has 0 atom stereocenters.